The molecule has 0 spiro atoms. The van der Waals surface area contributed by atoms with Gasteiger partial charge in [-0.3, -0.25) is 0 Å². The monoisotopic (exact) mass is 1150 g/mol. The molecule has 2 aromatic heterocycles. The molecule has 0 fully saturated rings. The highest BCUT2D eigenvalue weighted by molar-refractivity contribution is 6.76. The first-order chi connectivity index (χ1) is 39.4. The Bertz CT molecular complexity index is 1990. The molecule has 2 heterocycles. The van der Waals surface area contributed by atoms with E-state index in [1.165, 1.54) is 230 Å². The Balaban J connectivity index is 1.41. The molecule has 4 rings (SSSR count). The van der Waals surface area contributed by atoms with Gasteiger partial charge in [0, 0.05) is 27.3 Å². The molecular weight excluding hydrogens is 1020 g/mol. The van der Waals surface area contributed by atoms with Crippen molar-refractivity contribution in [1.82, 2.24) is 19.9 Å². The number of hydrogen-bond donors (Lipinski definition) is 0. The average Bonchev–Trinajstić information content (AvgIpc) is 3.48. The van der Waals surface area contributed by atoms with Crippen LogP contribution < -0.4 is 14.2 Å². The van der Waals surface area contributed by atoms with Crippen LogP contribution in [0, 0.1) is 0 Å². The Morgan fingerprint density at radius 3 is 0.889 bits per heavy atom. The SMILES string of the molecule is CCCCCCCCCCCCOc1ccc(-c2ncc(Oc3cnc(-c4ccc(OCCCCCCCCCCCC)cc4)nc3CCCCCCCCCCC[Si](C)(C)C)c(CCCCCCCCCCC[Si](C)(C)C)n2)cc1. The van der Waals surface area contributed by atoms with Crippen LogP contribution in [0.15, 0.2) is 60.9 Å². The zero-order valence-electron chi connectivity index (χ0n) is 53.9. The fourth-order valence-electron chi connectivity index (χ4n) is 11.1. The topological polar surface area (TPSA) is 79.2 Å². The second kappa shape index (κ2) is 44.0. The van der Waals surface area contributed by atoms with Gasteiger partial charge in [0.15, 0.2) is 23.1 Å². The minimum atomic E-state index is -0.922. The van der Waals surface area contributed by atoms with E-state index in [1.54, 1.807) is 0 Å². The van der Waals surface area contributed by atoms with E-state index in [0.717, 1.165) is 97.4 Å². The number of hydrogen-bond acceptors (Lipinski definition) is 7. The van der Waals surface area contributed by atoms with Crippen LogP contribution >= 0.6 is 0 Å². The number of aryl methyl sites for hydroxylation is 2. The maximum Gasteiger partial charge on any atom is 0.167 e. The predicted molar refractivity (Wildman–Crippen MR) is 357 cm³/mol. The van der Waals surface area contributed by atoms with E-state index in [9.17, 15) is 0 Å². The van der Waals surface area contributed by atoms with E-state index in [1.807, 2.05) is 12.4 Å². The van der Waals surface area contributed by atoms with E-state index < -0.39 is 16.1 Å². The highest BCUT2D eigenvalue weighted by Crippen LogP contribution is 2.32. The van der Waals surface area contributed by atoms with E-state index in [2.05, 4.69) is 102 Å². The molecule has 4 aromatic rings. The number of benzene rings is 2. The molecule has 7 nitrogen and oxygen atoms in total. The van der Waals surface area contributed by atoms with Crippen LogP contribution in [-0.2, 0) is 12.8 Å². The normalized spacial score (nSPS) is 11.9. The van der Waals surface area contributed by atoms with Crippen molar-refractivity contribution in [3.05, 3.63) is 72.3 Å². The van der Waals surface area contributed by atoms with Gasteiger partial charge >= 0.3 is 0 Å². The molecule has 0 radical (unpaired) electrons. The molecular formula is C72H122N4O3Si2. The lowest BCUT2D eigenvalue weighted by Crippen LogP contribution is -2.18. The van der Waals surface area contributed by atoms with Crippen molar-refractivity contribution < 1.29 is 14.2 Å². The van der Waals surface area contributed by atoms with Crippen LogP contribution in [-0.4, -0.2) is 49.3 Å². The van der Waals surface area contributed by atoms with Crippen molar-refractivity contribution in [2.45, 2.75) is 322 Å². The summed E-state index contributed by atoms with van der Waals surface area (Å²) in [4.78, 5) is 20.4. The summed E-state index contributed by atoms with van der Waals surface area (Å²) in [6.07, 6.45) is 55.4. The highest BCUT2D eigenvalue weighted by Gasteiger charge is 2.18. The summed E-state index contributed by atoms with van der Waals surface area (Å²) >= 11 is 0. The van der Waals surface area contributed by atoms with E-state index in [4.69, 9.17) is 34.1 Å². The largest absolute Gasteiger partial charge is 0.494 e. The molecule has 0 amide bonds. The Morgan fingerprint density at radius 2 is 0.593 bits per heavy atom. The third kappa shape index (κ3) is 34.7. The second-order valence-electron chi connectivity index (χ2n) is 26.7. The lowest BCUT2D eigenvalue weighted by molar-refractivity contribution is 0.304. The summed E-state index contributed by atoms with van der Waals surface area (Å²) in [6, 6.07) is 19.7. The molecule has 456 valence electrons. The molecule has 0 atom stereocenters. The van der Waals surface area contributed by atoms with E-state index >= 15 is 0 Å². The summed E-state index contributed by atoms with van der Waals surface area (Å²) in [5.41, 5.74) is 3.88. The van der Waals surface area contributed by atoms with Gasteiger partial charge in [-0.2, -0.15) is 0 Å². The van der Waals surface area contributed by atoms with Crippen LogP contribution in [0.4, 0.5) is 0 Å². The first-order valence-electron chi connectivity index (χ1n) is 34.3. The van der Waals surface area contributed by atoms with Gasteiger partial charge in [0.05, 0.1) is 37.0 Å². The van der Waals surface area contributed by atoms with Crippen LogP contribution in [0.1, 0.15) is 269 Å². The Morgan fingerprint density at radius 1 is 0.321 bits per heavy atom. The quantitative estimate of drug-likeness (QED) is 0.0322. The number of nitrogens with zero attached hydrogens (tertiary/aromatic N) is 4. The number of rotatable bonds is 52. The van der Waals surface area contributed by atoms with Gasteiger partial charge in [-0.05, 0) is 87.1 Å². The molecule has 0 aliphatic heterocycles. The van der Waals surface area contributed by atoms with Crippen LogP contribution in [0.5, 0.6) is 23.0 Å². The molecule has 0 unspecified atom stereocenters. The molecule has 0 N–H and O–H groups in total. The zero-order chi connectivity index (χ0) is 57.9. The van der Waals surface area contributed by atoms with Gasteiger partial charge < -0.3 is 14.2 Å². The van der Waals surface area contributed by atoms with E-state index in [0.29, 0.717) is 11.5 Å². The summed E-state index contributed by atoms with van der Waals surface area (Å²) in [7, 11) is -1.84. The first kappa shape index (κ1) is 69.9. The van der Waals surface area contributed by atoms with Crippen molar-refractivity contribution in [2.24, 2.45) is 0 Å². The van der Waals surface area contributed by atoms with Gasteiger partial charge in [0.25, 0.3) is 0 Å². The maximum atomic E-state index is 6.91. The smallest absolute Gasteiger partial charge is 0.167 e. The van der Waals surface area contributed by atoms with Gasteiger partial charge in [0.2, 0.25) is 0 Å². The van der Waals surface area contributed by atoms with Gasteiger partial charge in [-0.1, -0.05) is 284 Å². The van der Waals surface area contributed by atoms with Gasteiger partial charge in [-0.25, -0.2) is 19.9 Å². The Hall–Kier alpha value is -3.57. The molecule has 0 aliphatic carbocycles. The maximum absolute atomic E-state index is 6.91. The Kier molecular flexibility index (Phi) is 38.0. The van der Waals surface area contributed by atoms with E-state index in [-0.39, 0.29) is 0 Å². The summed E-state index contributed by atoms with van der Waals surface area (Å²) in [5, 5.41) is 0. The highest BCUT2D eigenvalue weighted by atomic mass is 28.3. The average molecular weight is 1150 g/mol. The molecule has 2 aromatic carbocycles. The zero-order valence-corrected chi connectivity index (χ0v) is 55.9. The number of aromatic nitrogens is 4. The molecule has 0 saturated carbocycles. The van der Waals surface area contributed by atoms with Crippen LogP contribution in [0.3, 0.4) is 0 Å². The van der Waals surface area contributed by atoms with Crippen LogP contribution in [0.25, 0.3) is 22.8 Å². The summed E-state index contributed by atoms with van der Waals surface area (Å²) < 4.78 is 19.3. The second-order valence-corrected chi connectivity index (χ2v) is 37.9. The molecule has 0 bridgehead atoms. The molecule has 9 heteroatoms. The van der Waals surface area contributed by atoms with Crippen molar-refractivity contribution in [2.75, 3.05) is 13.2 Å². The Labute approximate surface area is 501 Å². The third-order valence-electron chi connectivity index (χ3n) is 16.3. The lowest BCUT2D eigenvalue weighted by atomic mass is 10.1. The fraction of sp³-hybridized carbons (Fsp3) is 0.722. The number of unbranched alkanes of at least 4 members (excludes halogenated alkanes) is 34. The summed E-state index contributed by atoms with van der Waals surface area (Å²) in [6.45, 7) is 21.1. The molecule has 0 saturated heterocycles. The van der Waals surface area contributed by atoms with Gasteiger partial charge in [-0.15, -0.1) is 0 Å². The molecule has 81 heavy (non-hydrogen) atoms. The standard InChI is InChI=1S/C72H122N4O3Si2/c1-9-11-13-15-17-19-25-31-37-43-57-77-65-53-49-63(50-54-65)71-73-61-69(67(75-71)47-41-35-29-23-21-27-33-39-45-59-80(3,4)5)79-70-62-74-72(76-68(70)48-42-36-30-24-22-28-34-40-46-60-81(6,7)8)64-51-55-66(56-52-64)78-58-44-38-32-26-20-18-16-14-12-10-2/h49-56,61-62H,9-48,57-60H2,1-8H3. The predicted octanol–water partition coefficient (Wildman–Crippen LogP) is 23.8. The van der Waals surface area contributed by atoms with Crippen molar-refractivity contribution in [1.29, 1.82) is 0 Å². The minimum absolute atomic E-state index is 0.708. The summed E-state index contributed by atoms with van der Waals surface area (Å²) in [5.74, 6) is 4.68. The van der Waals surface area contributed by atoms with Crippen LogP contribution in [0.2, 0.25) is 51.4 Å². The van der Waals surface area contributed by atoms with Gasteiger partial charge in [0.1, 0.15) is 11.5 Å². The fourth-order valence-corrected chi connectivity index (χ4v) is 13.7. The first-order valence-corrected chi connectivity index (χ1v) is 41.7. The van der Waals surface area contributed by atoms with Crippen molar-refractivity contribution >= 4 is 16.1 Å². The lowest BCUT2D eigenvalue weighted by Gasteiger charge is -2.15. The third-order valence-corrected chi connectivity index (χ3v) is 20.0. The number of ether oxygens (including phenoxy) is 3. The molecule has 0 aliphatic rings. The minimum Gasteiger partial charge on any atom is -0.494 e. The van der Waals surface area contributed by atoms with Crippen molar-refractivity contribution in [3.63, 3.8) is 0 Å². The van der Waals surface area contributed by atoms with Crippen molar-refractivity contribution in [3.8, 4) is 45.8 Å².